The summed E-state index contributed by atoms with van der Waals surface area (Å²) >= 11 is 17.4. The van der Waals surface area contributed by atoms with Crippen molar-refractivity contribution in [1.29, 1.82) is 0 Å². The van der Waals surface area contributed by atoms with Gasteiger partial charge in [0.2, 0.25) is 10.2 Å². The molecule has 1 atom stereocenters. The molecule has 28 heavy (non-hydrogen) atoms. The molecule has 158 valence electrons. The standard InChI is InChI=1S/C21H30Cl3NO3/c1-2-19(26)25-18(16-11-13-17(22)14-12-16)10-8-6-4-3-5-7-9-15-21(23,24)20(27)28/h11-14,18H,2-10,15H2,1H3,(H,25,26)(H,27,28). The van der Waals surface area contributed by atoms with E-state index in [9.17, 15) is 9.59 Å². The van der Waals surface area contributed by atoms with Gasteiger partial charge in [0.15, 0.2) is 0 Å². The summed E-state index contributed by atoms with van der Waals surface area (Å²) in [6.07, 6.45) is 8.64. The third-order valence-electron chi connectivity index (χ3n) is 4.73. The van der Waals surface area contributed by atoms with E-state index in [1.54, 1.807) is 0 Å². The van der Waals surface area contributed by atoms with Gasteiger partial charge in [-0.3, -0.25) is 4.79 Å². The third kappa shape index (κ3) is 9.99. The number of carboxylic acids is 1. The lowest BCUT2D eigenvalue weighted by Gasteiger charge is -2.19. The quantitative estimate of drug-likeness (QED) is 0.245. The van der Waals surface area contributed by atoms with Crippen molar-refractivity contribution in [3.63, 3.8) is 0 Å². The number of amides is 1. The zero-order valence-corrected chi connectivity index (χ0v) is 18.6. The number of unbranched alkanes of at least 4 members (excludes halogenated alkanes) is 6. The van der Waals surface area contributed by atoms with Gasteiger partial charge >= 0.3 is 5.97 Å². The fourth-order valence-electron chi connectivity index (χ4n) is 3.00. The van der Waals surface area contributed by atoms with Crippen LogP contribution in [-0.4, -0.2) is 21.3 Å². The van der Waals surface area contributed by atoms with E-state index in [2.05, 4.69) is 5.32 Å². The van der Waals surface area contributed by atoms with Gasteiger partial charge in [0.05, 0.1) is 6.04 Å². The second-order valence-electron chi connectivity index (χ2n) is 7.05. The predicted molar refractivity (Wildman–Crippen MR) is 116 cm³/mol. The maximum absolute atomic E-state index is 11.8. The molecule has 0 saturated carbocycles. The van der Waals surface area contributed by atoms with Crippen molar-refractivity contribution in [2.45, 2.75) is 81.5 Å². The molecule has 1 rings (SSSR count). The monoisotopic (exact) mass is 449 g/mol. The Hall–Kier alpha value is -0.970. The number of carbonyl (C=O) groups is 2. The van der Waals surface area contributed by atoms with Crippen molar-refractivity contribution in [3.8, 4) is 0 Å². The molecule has 1 aromatic rings. The van der Waals surface area contributed by atoms with Gasteiger partial charge in [0.1, 0.15) is 0 Å². The Balaban J connectivity index is 2.24. The number of nitrogens with one attached hydrogen (secondary N) is 1. The van der Waals surface area contributed by atoms with Gasteiger partial charge < -0.3 is 10.4 Å². The van der Waals surface area contributed by atoms with Crippen molar-refractivity contribution in [3.05, 3.63) is 34.9 Å². The minimum absolute atomic E-state index is 0.0151. The number of rotatable bonds is 14. The molecule has 4 nitrogen and oxygen atoms in total. The normalized spacial score (nSPS) is 12.6. The lowest BCUT2D eigenvalue weighted by molar-refractivity contribution is -0.138. The van der Waals surface area contributed by atoms with Crippen LogP contribution in [0.3, 0.4) is 0 Å². The van der Waals surface area contributed by atoms with Crippen LogP contribution in [0.2, 0.25) is 5.02 Å². The Bertz CT molecular complexity index is 605. The molecule has 0 heterocycles. The van der Waals surface area contributed by atoms with E-state index in [1.165, 1.54) is 0 Å². The second-order valence-corrected chi connectivity index (χ2v) is 8.97. The minimum atomic E-state index is -1.67. The Labute approximate surface area is 182 Å². The number of aliphatic carboxylic acids is 1. The number of hydrogen-bond acceptors (Lipinski definition) is 2. The van der Waals surface area contributed by atoms with Gasteiger partial charge in [-0.2, -0.15) is 0 Å². The van der Waals surface area contributed by atoms with E-state index in [-0.39, 0.29) is 18.4 Å². The highest BCUT2D eigenvalue weighted by Gasteiger charge is 2.32. The largest absolute Gasteiger partial charge is 0.479 e. The molecule has 0 saturated heterocycles. The summed E-state index contributed by atoms with van der Waals surface area (Å²) in [5, 5.41) is 12.6. The lowest BCUT2D eigenvalue weighted by Crippen LogP contribution is -2.27. The fourth-order valence-corrected chi connectivity index (χ4v) is 3.39. The summed E-state index contributed by atoms with van der Waals surface area (Å²) in [7, 11) is 0. The van der Waals surface area contributed by atoms with E-state index >= 15 is 0 Å². The molecular weight excluding hydrogens is 421 g/mol. The summed E-state index contributed by atoms with van der Waals surface area (Å²) in [5.74, 6) is -1.13. The van der Waals surface area contributed by atoms with Crippen LogP contribution in [0.15, 0.2) is 24.3 Å². The molecule has 0 bridgehead atoms. The Kier molecular flexibility index (Phi) is 11.9. The van der Waals surface area contributed by atoms with E-state index in [4.69, 9.17) is 39.9 Å². The minimum Gasteiger partial charge on any atom is -0.479 e. The smallest absolute Gasteiger partial charge is 0.340 e. The van der Waals surface area contributed by atoms with Crippen LogP contribution >= 0.6 is 34.8 Å². The van der Waals surface area contributed by atoms with Crippen LogP contribution in [0.1, 0.15) is 82.7 Å². The average molecular weight is 451 g/mol. The summed E-state index contributed by atoms with van der Waals surface area (Å²) < 4.78 is -1.67. The summed E-state index contributed by atoms with van der Waals surface area (Å²) in [5.41, 5.74) is 1.08. The first-order valence-corrected chi connectivity index (χ1v) is 11.1. The van der Waals surface area contributed by atoms with Gasteiger partial charge in [0.25, 0.3) is 0 Å². The topological polar surface area (TPSA) is 66.4 Å². The summed E-state index contributed by atoms with van der Waals surface area (Å²) in [6, 6.07) is 7.65. The zero-order valence-electron chi connectivity index (χ0n) is 16.4. The molecular formula is C21H30Cl3NO3. The van der Waals surface area contributed by atoms with Crippen LogP contribution in [0.4, 0.5) is 0 Å². The predicted octanol–water partition coefficient (Wildman–Crippen LogP) is 6.68. The van der Waals surface area contributed by atoms with E-state index < -0.39 is 10.3 Å². The number of benzene rings is 1. The Morgan fingerprint density at radius 3 is 2.07 bits per heavy atom. The van der Waals surface area contributed by atoms with Crippen molar-refractivity contribution >= 4 is 46.7 Å². The molecule has 0 spiro atoms. The Morgan fingerprint density at radius 1 is 1.00 bits per heavy atom. The van der Waals surface area contributed by atoms with Crippen molar-refractivity contribution in [1.82, 2.24) is 5.32 Å². The molecule has 0 fully saturated rings. The van der Waals surface area contributed by atoms with Crippen LogP contribution in [0.5, 0.6) is 0 Å². The van der Waals surface area contributed by atoms with Gasteiger partial charge in [-0.15, -0.1) is 0 Å². The summed E-state index contributed by atoms with van der Waals surface area (Å²) in [4.78, 5) is 22.6. The van der Waals surface area contributed by atoms with Crippen LogP contribution in [0.25, 0.3) is 0 Å². The third-order valence-corrected chi connectivity index (χ3v) is 5.68. The Morgan fingerprint density at radius 2 is 1.54 bits per heavy atom. The lowest BCUT2D eigenvalue weighted by atomic mass is 9.99. The highest BCUT2D eigenvalue weighted by atomic mass is 35.5. The van der Waals surface area contributed by atoms with Crippen molar-refractivity contribution in [2.24, 2.45) is 0 Å². The van der Waals surface area contributed by atoms with E-state index in [1.807, 2.05) is 31.2 Å². The summed E-state index contributed by atoms with van der Waals surface area (Å²) in [6.45, 7) is 1.85. The van der Waals surface area contributed by atoms with Gasteiger partial charge in [-0.25, -0.2) is 4.79 Å². The van der Waals surface area contributed by atoms with Gasteiger partial charge in [-0.1, -0.05) is 92.4 Å². The number of halogens is 3. The highest BCUT2D eigenvalue weighted by Crippen LogP contribution is 2.28. The number of carbonyl (C=O) groups excluding carboxylic acids is 1. The van der Waals surface area contributed by atoms with Crippen LogP contribution in [0, 0.1) is 0 Å². The van der Waals surface area contributed by atoms with Crippen molar-refractivity contribution in [2.75, 3.05) is 0 Å². The van der Waals surface area contributed by atoms with Crippen LogP contribution < -0.4 is 5.32 Å². The SMILES string of the molecule is CCC(=O)NC(CCCCCCCCCC(Cl)(Cl)C(=O)O)c1ccc(Cl)cc1. The first-order valence-electron chi connectivity index (χ1n) is 9.92. The number of alkyl halides is 2. The fraction of sp³-hybridized carbons (Fsp3) is 0.619. The maximum atomic E-state index is 11.8. The second kappa shape index (κ2) is 13.3. The van der Waals surface area contributed by atoms with E-state index in [0.29, 0.717) is 17.9 Å². The molecule has 0 aliphatic heterocycles. The molecule has 0 radical (unpaired) electrons. The molecule has 1 amide bonds. The van der Waals surface area contributed by atoms with Crippen LogP contribution in [-0.2, 0) is 9.59 Å². The molecule has 7 heteroatoms. The van der Waals surface area contributed by atoms with Gasteiger partial charge in [0, 0.05) is 11.4 Å². The molecule has 1 unspecified atom stereocenters. The number of carboxylic acid groups (broad SMARTS) is 1. The molecule has 0 aromatic heterocycles. The average Bonchev–Trinajstić information content (AvgIpc) is 2.66. The molecule has 1 aromatic carbocycles. The van der Waals surface area contributed by atoms with Crippen molar-refractivity contribution < 1.29 is 14.7 Å². The molecule has 0 aliphatic rings. The molecule has 0 aliphatic carbocycles. The van der Waals surface area contributed by atoms with Gasteiger partial charge in [-0.05, 0) is 37.0 Å². The highest BCUT2D eigenvalue weighted by molar-refractivity contribution is 6.57. The van der Waals surface area contributed by atoms with E-state index in [0.717, 1.165) is 50.5 Å². The zero-order chi connectivity index (χ0) is 21.0. The first-order chi connectivity index (χ1) is 13.3. The maximum Gasteiger partial charge on any atom is 0.340 e. The number of hydrogen-bond donors (Lipinski definition) is 2. The molecule has 2 N–H and O–H groups in total. The first kappa shape index (κ1) is 25.1.